The van der Waals surface area contributed by atoms with E-state index in [1.807, 2.05) is 11.8 Å². The molecule has 0 heterocycles. The molecule has 0 radical (unpaired) electrons. The summed E-state index contributed by atoms with van der Waals surface area (Å²) in [6, 6.07) is 9.02. The first-order chi connectivity index (χ1) is 6.88. The molecule has 0 fully saturated rings. The fraction of sp³-hybridized carbons (Fsp3) is 0.571. The monoisotopic (exact) mass is 222 g/mol. The molecular formula is C14H22S. The summed E-state index contributed by atoms with van der Waals surface area (Å²) in [4.78, 5) is 0. The highest BCUT2D eigenvalue weighted by atomic mass is 32.2. The fourth-order valence-corrected chi connectivity index (χ4v) is 2.09. The molecule has 0 aliphatic carbocycles. The third-order valence-corrected chi connectivity index (χ3v) is 3.66. The first kappa shape index (κ1) is 12.6. The van der Waals surface area contributed by atoms with E-state index in [9.17, 15) is 0 Å². The van der Waals surface area contributed by atoms with E-state index >= 15 is 0 Å². The maximum absolute atomic E-state index is 2.26. The number of thioether (sulfide) groups is 1. The van der Waals surface area contributed by atoms with Crippen LogP contribution in [-0.4, -0.2) is 4.75 Å². The number of hydrogen-bond donors (Lipinski definition) is 0. The van der Waals surface area contributed by atoms with Crippen LogP contribution in [0.1, 0.15) is 51.7 Å². The molecule has 0 aliphatic rings. The van der Waals surface area contributed by atoms with Crippen LogP contribution in [0.3, 0.4) is 0 Å². The largest absolute Gasteiger partial charge is 0.151 e. The zero-order valence-electron chi connectivity index (χ0n) is 10.5. The van der Waals surface area contributed by atoms with Gasteiger partial charge in [0.05, 0.1) is 0 Å². The summed E-state index contributed by atoms with van der Waals surface area (Å²) < 4.78 is 0.358. The molecule has 0 bridgehead atoms. The average molecular weight is 222 g/mol. The number of hydrogen-bond acceptors (Lipinski definition) is 1. The predicted octanol–water partition coefficient (Wildman–Crippen LogP) is 4.84. The molecule has 0 atom stereocenters. The lowest BCUT2D eigenvalue weighted by molar-refractivity contribution is 0.802. The maximum atomic E-state index is 2.26. The van der Waals surface area contributed by atoms with E-state index in [-0.39, 0.29) is 0 Å². The maximum Gasteiger partial charge on any atom is 0.0189 e. The molecule has 0 nitrogen and oxygen atoms in total. The fourth-order valence-electron chi connectivity index (χ4n) is 1.30. The van der Waals surface area contributed by atoms with E-state index in [1.165, 1.54) is 11.1 Å². The minimum Gasteiger partial charge on any atom is -0.151 e. The van der Waals surface area contributed by atoms with Gasteiger partial charge >= 0.3 is 0 Å². The highest BCUT2D eigenvalue weighted by molar-refractivity contribution is 7.99. The van der Waals surface area contributed by atoms with Crippen LogP contribution in [0.4, 0.5) is 0 Å². The van der Waals surface area contributed by atoms with Crippen molar-refractivity contribution in [2.45, 2.75) is 51.0 Å². The van der Waals surface area contributed by atoms with Gasteiger partial charge in [-0.25, -0.2) is 0 Å². The van der Waals surface area contributed by atoms with E-state index in [2.05, 4.69) is 58.9 Å². The Balaban J connectivity index is 2.57. The predicted molar refractivity (Wildman–Crippen MR) is 71.6 cm³/mol. The smallest absolute Gasteiger partial charge is 0.0189 e. The summed E-state index contributed by atoms with van der Waals surface area (Å²) >= 11 is 2.00. The SMILES string of the molecule is CC(C)c1ccc(CSC(C)(C)C)cc1. The van der Waals surface area contributed by atoms with Crippen LogP contribution in [-0.2, 0) is 5.75 Å². The van der Waals surface area contributed by atoms with Crippen LogP contribution in [0.25, 0.3) is 0 Å². The summed E-state index contributed by atoms with van der Waals surface area (Å²) in [7, 11) is 0. The lowest BCUT2D eigenvalue weighted by atomic mass is 10.0. The molecule has 0 unspecified atom stereocenters. The Bertz CT molecular complexity index is 290. The van der Waals surface area contributed by atoms with Gasteiger partial charge in [0.25, 0.3) is 0 Å². The zero-order valence-corrected chi connectivity index (χ0v) is 11.3. The van der Waals surface area contributed by atoms with Gasteiger partial charge in [0.1, 0.15) is 0 Å². The third kappa shape index (κ3) is 4.74. The highest BCUT2D eigenvalue weighted by Gasteiger charge is 2.10. The van der Waals surface area contributed by atoms with Gasteiger partial charge in [-0.2, -0.15) is 11.8 Å². The molecule has 0 spiro atoms. The first-order valence-corrected chi connectivity index (χ1v) is 6.60. The molecular weight excluding hydrogens is 200 g/mol. The van der Waals surface area contributed by atoms with Crippen LogP contribution in [0, 0.1) is 0 Å². The van der Waals surface area contributed by atoms with Crippen molar-refractivity contribution in [3.8, 4) is 0 Å². The molecule has 0 amide bonds. The average Bonchev–Trinajstić information content (AvgIpc) is 2.14. The van der Waals surface area contributed by atoms with Crippen LogP contribution >= 0.6 is 11.8 Å². The van der Waals surface area contributed by atoms with Crippen molar-refractivity contribution in [1.29, 1.82) is 0 Å². The summed E-state index contributed by atoms with van der Waals surface area (Å²) in [5.41, 5.74) is 2.86. The first-order valence-electron chi connectivity index (χ1n) is 5.61. The van der Waals surface area contributed by atoms with Gasteiger partial charge in [0.15, 0.2) is 0 Å². The summed E-state index contributed by atoms with van der Waals surface area (Å²) in [5, 5.41) is 0. The quantitative estimate of drug-likeness (QED) is 0.705. The second kappa shape index (κ2) is 5.07. The summed E-state index contributed by atoms with van der Waals surface area (Å²) in [5.74, 6) is 1.75. The molecule has 0 saturated carbocycles. The third-order valence-electron chi connectivity index (χ3n) is 2.32. The lowest BCUT2D eigenvalue weighted by Gasteiger charge is -2.17. The van der Waals surface area contributed by atoms with Crippen LogP contribution in [0.15, 0.2) is 24.3 Å². The molecule has 1 aromatic rings. The van der Waals surface area contributed by atoms with Crippen molar-refractivity contribution in [2.24, 2.45) is 0 Å². The molecule has 1 heteroatoms. The van der Waals surface area contributed by atoms with Crippen LogP contribution in [0.5, 0.6) is 0 Å². The molecule has 15 heavy (non-hydrogen) atoms. The summed E-state index contributed by atoms with van der Waals surface area (Å²) in [6.45, 7) is 11.3. The zero-order chi connectivity index (χ0) is 11.5. The Morgan fingerprint density at radius 1 is 1.07 bits per heavy atom. The van der Waals surface area contributed by atoms with E-state index in [1.54, 1.807) is 0 Å². The van der Waals surface area contributed by atoms with Crippen LogP contribution < -0.4 is 0 Å². The molecule has 0 saturated heterocycles. The molecule has 0 N–H and O–H groups in total. The highest BCUT2D eigenvalue weighted by Crippen LogP contribution is 2.27. The Morgan fingerprint density at radius 3 is 2.00 bits per heavy atom. The van der Waals surface area contributed by atoms with E-state index in [0.717, 1.165) is 5.75 Å². The van der Waals surface area contributed by atoms with Crippen molar-refractivity contribution in [2.75, 3.05) is 0 Å². The van der Waals surface area contributed by atoms with Crippen molar-refractivity contribution in [1.82, 2.24) is 0 Å². The minimum atomic E-state index is 0.358. The van der Waals surface area contributed by atoms with Crippen LogP contribution in [0.2, 0.25) is 0 Å². The van der Waals surface area contributed by atoms with Gasteiger partial charge in [-0.05, 0) is 17.0 Å². The standard InChI is InChI=1S/C14H22S/c1-11(2)13-8-6-12(7-9-13)10-15-14(3,4)5/h6-9,11H,10H2,1-5H3. The Hall–Kier alpha value is -0.430. The second-order valence-corrected chi connectivity index (χ2v) is 7.10. The minimum absolute atomic E-state index is 0.358. The molecule has 1 rings (SSSR count). The van der Waals surface area contributed by atoms with Gasteiger partial charge in [-0.3, -0.25) is 0 Å². The van der Waals surface area contributed by atoms with Crippen molar-refractivity contribution in [3.05, 3.63) is 35.4 Å². The normalized spacial score (nSPS) is 12.1. The second-order valence-electron chi connectivity index (χ2n) is 5.30. The summed E-state index contributed by atoms with van der Waals surface area (Å²) in [6.07, 6.45) is 0. The lowest BCUT2D eigenvalue weighted by Crippen LogP contribution is -2.07. The molecule has 0 aliphatic heterocycles. The van der Waals surface area contributed by atoms with Crippen molar-refractivity contribution >= 4 is 11.8 Å². The van der Waals surface area contributed by atoms with Crippen molar-refractivity contribution in [3.63, 3.8) is 0 Å². The van der Waals surface area contributed by atoms with Crippen molar-refractivity contribution < 1.29 is 0 Å². The van der Waals surface area contributed by atoms with Gasteiger partial charge in [-0.15, -0.1) is 0 Å². The van der Waals surface area contributed by atoms with Gasteiger partial charge in [-0.1, -0.05) is 58.9 Å². The van der Waals surface area contributed by atoms with Gasteiger partial charge in [0.2, 0.25) is 0 Å². The molecule has 0 aromatic heterocycles. The number of rotatable bonds is 3. The van der Waals surface area contributed by atoms with Gasteiger partial charge in [0, 0.05) is 10.5 Å². The number of benzene rings is 1. The van der Waals surface area contributed by atoms with Gasteiger partial charge < -0.3 is 0 Å². The van der Waals surface area contributed by atoms with E-state index in [0.29, 0.717) is 10.7 Å². The Labute approximate surface area is 98.5 Å². The Morgan fingerprint density at radius 2 is 1.60 bits per heavy atom. The Kier molecular flexibility index (Phi) is 4.27. The molecule has 1 aromatic carbocycles. The van der Waals surface area contributed by atoms with E-state index < -0.39 is 0 Å². The topological polar surface area (TPSA) is 0 Å². The van der Waals surface area contributed by atoms with E-state index in [4.69, 9.17) is 0 Å². The molecule has 84 valence electrons.